The van der Waals surface area contributed by atoms with Crippen molar-refractivity contribution in [3.05, 3.63) is 71.9 Å². The maximum atomic E-state index is 13.4. The van der Waals surface area contributed by atoms with Crippen molar-refractivity contribution in [3.63, 3.8) is 0 Å². The molecule has 3 aromatic rings. The molecule has 5 N–H and O–H groups in total. The predicted octanol–water partition coefficient (Wildman–Crippen LogP) is 0.949. The number of H-pyrrole nitrogens is 1. The van der Waals surface area contributed by atoms with Crippen LogP contribution in [0.3, 0.4) is 0 Å². The molecular formula is C26H29N5O4. The summed E-state index contributed by atoms with van der Waals surface area (Å²) in [5, 5.41) is 12.0. The Labute approximate surface area is 203 Å². The van der Waals surface area contributed by atoms with Gasteiger partial charge in [-0.3, -0.25) is 19.2 Å². The van der Waals surface area contributed by atoms with Gasteiger partial charge in [0, 0.05) is 55.9 Å². The summed E-state index contributed by atoms with van der Waals surface area (Å²) in [6, 6.07) is 15.3. The van der Waals surface area contributed by atoms with Crippen LogP contribution in [0.15, 0.2) is 60.8 Å². The lowest BCUT2D eigenvalue weighted by Gasteiger charge is -2.24. The molecule has 0 aliphatic carbocycles. The van der Waals surface area contributed by atoms with Crippen molar-refractivity contribution >= 4 is 34.5 Å². The molecule has 0 spiro atoms. The van der Waals surface area contributed by atoms with Gasteiger partial charge in [-0.2, -0.15) is 0 Å². The number of hydrogen-bond donors (Lipinski definition) is 5. The summed E-state index contributed by atoms with van der Waals surface area (Å²) >= 11 is 0. The first-order valence-corrected chi connectivity index (χ1v) is 11.7. The molecule has 4 rings (SSSR count). The van der Waals surface area contributed by atoms with E-state index in [0.29, 0.717) is 6.42 Å². The van der Waals surface area contributed by atoms with Gasteiger partial charge in [-0.05, 0) is 17.2 Å². The number of fused-ring (bicyclic) bond motifs is 1. The maximum absolute atomic E-state index is 13.4. The number of para-hydroxylation sites is 1. The van der Waals surface area contributed by atoms with Gasteiger partial charge in [-0.1, -0.05) is 48.5 Å². The third kappa shape index (κ3) is 6.47. The number of nitrogens with one attached hydrogen (secondary N) is 5. The van der Waals surface area contributed by atoms with Crippen LogP contribution >= 0.6 is 0 Å². The second kappa shape index (κ2) is 11.3. The Kier molecular flexibility index (Phi) is 7.77. The molecule has 1 aromatic heterocycles. The van der Waals surface area contributed by atoms with Crippen LogP contribution in [0.2, 0.25) is 0 Å². The summed E-state index contributed by atoms with van der Waals surface area (Å²) in [6.45, 7) is 0.456. The lowest BCUT2D eigenvalue weighted by Crippen LogP contribution is -2.55. The van der Waals surface area contributed by atoms with Crippen molar-refractivity contribution in [1.29, 1.82) is 0 Å². The molecule has 35 heavy (non-hydrogen) atoms. The Morgan fingerprint density at radius 3 is 2.20 bits per heavy atom. The molecule has 2 atom stereocenters. The van der Waals surface area contributed by atoms with E-state index in [2.05, 4.69) is 26.3 Å². The molecule has 182 valence electrons. The number of carbonyl (C=O) groups is 4. The van der Waals surface area contributed by atoms with Crippen molar-refractivity contribution in [2.45, 2.75) is 37.8 Å². The number of carbonyl (C=O) groups excluding carboxylic acids is 4. The average molecular weight is 476 g/mol. The van der Waals surface area contributed by atoms with E-state index in [0.717, 1.165) is 22.0 Å². The number of benzene rings is 2. The molecule has 1 aliphatic heterocycles. The van der Waals surface area contributed by atoms with E-state index >= 15 is 0 Å². The first-order chi connectivity index (χ1) is 17.0. The second-order valence-electron chi connectivity index (χ2n) is 8.58. The number of aromatic nitrogens is 1. The number of hydrogen-bond acceptors (Lipinski definition) is 4. The minimum Gasteiger partial charge on any atom is -0.361 e. The van der Waals surface area contributed by atoms with Crippen LogP contribution < -0.4 is 21.3 Å². The van der Waals surface area contributed by atoms with Gasteiger partial charge >= 0.3 is 0 Å². The third-order valence-corrected chi connectivity index (χ3v) is 5.99. The highest BCUT2D eigenvalue weighted by molar-refractivity contribution is 5.94. The summed E-state index contributed by atoms with van der Waals surface area (Å²) < 4.78 is 0. The summed E-state index contributed by atoms with van der Waals surface area (Å²) in [4.78, 5) is 54.2. The highest BCUT2D eigenvalue weighted by Gasteiger charge is 2.28. The lowest BCUT2D eigenvalue weighted by molar-refractivity contribution is -0.132. The zero-order chi connectivity index (χ0) is 24.6. The van der Waals surface area contributed by atoms with E-state index in [1.165, 1.54) is 0 Å². The van der Waals surface area contributed by atoms with Crippen LogP contribution in [0.25, 0.3) is 10.9 Å². The average Bonchev–Trinajstić information content (AvgIpc) is 3.27. The van der Waals surface area contributed by atoms with E-state index in [4.69, 9.17) is 0 Å². The summed E-state index contributed by atoms with van der Waals surface area (Å²) in [6.07, 6.45) is 2.30. The molecule has 0 unspecified atom stereocenters. The van der Waals surface area contributed by atoms with Gasteiger partial charge in [-0.25, -0.2) is 0 Å². The molecule has 2 aromatic carbocycles. The molecular weight excluding hydrogens is 446 g/mol. The molecule has 2 heterocycles. The van der Waals surface area contributed by atoms with Gasteiger partial charge in [0.25, 0.3) is 0 Å². The third-order valence-electron chi connectivity index (χ3n) is 5.99. The molecule has 1 aliphatic rings. The topological polar surface area (TPSA) is 132 Å². The van der Waals surface area contributed by atoms with Gasteiger partial charge in [0.15, 0.2) is 0 Å². The standard InChI is InChI=1S/C26H29N5O4/c32-23-10-11-24(33)30-22(15-18-16-29-20-9-5-4-8-19(18)20)26(35)31-21(25(34)28-13-12-27-23)14-17-6-2-1-3-7-17/h1-9,16,21-22,29H,10-15H2,(H,27,32)(H,28,34)(H,30,33)(H,31,35)/t21-,22+/m1/s1. The van der Waals surface area contributed by atoms with Crippen LogP contribution in [0, 0.1) is 0 Å². The molecule has 4 amide bonds. The quantitative estimate of drug-likeness (QED) is 0.384. The highest BCUT2D eigenvalue weighted by atomic mass is 16.2. The van der Waals surface area contributed by atoms with Gasteiger partial charge in [-0.15, -0.1) is 0 Å². The Bertz CT molecular complexity index is 1210. The fourth-order valence-electron chi connectivity index (χ4n) is 4.15. The summed E-state index contributed by atoms with van der Waals surface area (Å²) in [5.41, 5.74) is 2.68. The zero-order valence-corrected chi connectivity index (χ0v) is 19.3. The van der Waals surface area contributed by atoms with E-state index in [9.17, 15) is 19.2 Å². The largest absolute Gasteiger partial charge is 0.361 e. The lowest BCUT2D eigenvalue weighted by atomic mass is 10.0. The van der Waals surface area contributed by atoms with Crippen molar-refractivity contribution in [2.24, 2.45) is 0 Å². The van der Waals surface area contributed by atoms with Gasteiger partial charge in [0.2, 0.25) is 23.6 Å². The Morgan fingerprint density at radius 1 is 0.686 bits per heavy atom. The first-order valence-electron chi connectivity index (χ1n) is 11.7. The van der Waals surface area contributed by atoms with Gasteiger partial charge in [0.05, 0.1) is 0 Å². The second-order valence-corrected chi connectivity index (χ2v) is 8.58. The van der Waals surface area contributed by atoms with E-state index < -0.39 is 23.9 Å². The normalized spacial score (nSPS) is 20.3. The van der Waals surface area contributed by atoms with Crippen molar-refractivity contribution in [3.8, 4) is 0 Å². The van der Waals surface area contributed by atoms with Crippen LogP contribution in [-0.2, 0) is 32.0 Å². The van der Waals surface area contributed by atoms with Crippen LogP contribution in [-0.4, -0.2) is 53.8 Å². The monoisotopic (exact) mass is 475 g/mol. The molecule has 0 saturated carbocycles. The first kappa shape index (κ1) is 24.0. The molecule has 0 radical (unpaired) electrons. The molecule has 1 fully saturated rings. The smallest absolute Gasteiger partial charge is 0.243 e. The van der Waals surface area contributed by atoms with Crippen LogP contribution in [0.1, 0.15) is 24.0 Å². The fourth-order valence-corrected chi connectivity index (χ4v) is 4.15. The minimum atomic E-state index is -0.918. The van der Waals surface area contributed by atoms with Crippen molar-refractivity contribution < 1.29 is 19.2 Å². The highest BCUT2D eigenvalue weighted by Crippen LogP contribution is 2.19. The SMILES string of the molecule is O=C1CCC(=O)N[C@@H](Cc2c[nH]c3ccccc23)C(=O)N[C@H](Cc2ccccc2)C(=O)NCCN1. The van der Waals surface area contributed by atoms with Crippen molar-refractivity contribution in [1.82, 2.24) is 26.3 Å². The Hall–Kier alpha value is -4.14. The predicted molar refractivity (Wildman–Crippen MR) is 131 cm³/mol. The fraction of sp³-hybridized carbons (Fsp3) is 0.308. The number of amides is 4. The molecule has 0 bridgehead atoms. The maximum Gasteiger partial charge on any atom is 0.243 e. The molecule has 1 saturated heterocycles. The van der Waals surface area contributed by atoms with Crippen LogP contribution in [0.4, 0.5) is 0 Å². The summed E-state index contributed by atoms with van der Waals surface area (Å²) in [5.74, 6) is -1.50. The van der Waals surface area contributed by atoms with Crippen molar-refractivity contribution in [2.75, 3.05) is 13.1 Å². The van der Waals surface area contributed by atoms with Crippen LogP contribution in [0.5, 0.6) is 0 Å². The van der Waals surface area contributed by atoms with E-state index in [-0.39, 0.29) is 44.2 Å². The zero-order valence-electron chi connectivity index (χ0n) is 19.3. The van der Waals surface area contributed by atoms with Gasteiger partial charge in [0.1, 0.15) is 12.1 Å². The Morgan fingerprint density at radius 2 is 1.37 bits per heavy atom. The van der Waals surface area contributed by atoms with E-state index in [1.807, 2.05) is 60.8 Å². The number of aromatic amines is 1. The molecule has 9 nitrogen and oxygen atoms in total. The number of rotatable bonds is 4. The van der Waals surface area contributed by atoms with Gasteiger partial charge < -0.3 is 26.3 Å². The van der Waals surface area contributed by atoms with E-state index in [1.54, 1.807) is 0 Å². The Balaban J connectivity index is 1.59. The molecule has 9 heteroatoms. The summed E-state index contributed by atoms with van der Waals surface area (Å²) in [7, 11) is 0. The minimum absolute atomic E-state index is 0.00215.